The summed E-state index contributed by atoms with van der Waals surface area (Å²) in [4.78, 5) is 4.31. The third-order valence-electron chi connectivity index (χ3n) is 1.92. The number of rotatable bonds is 1. The van der Waals surface area contributed by atoms with Gasteiger partial charge in [-0.2, -0.15) is 0 Å². The third-order valence-corrected chi connectivity index (χ3v) is 2.19. The minimum absolute atomic E-state index is 0.267. The highest BCUT2D eigenvalue weighted by Gasteiger charge is 2.15. The number of nitrogens with zero attached hydrogens (tertiary/aromatic N) is 2. The van der Waals surface area contributed by atoms with Crippen LogP contribution in [0.15, 0.2) is 35.3 Å². The number of aliphatic imine (C=N–C) groups is 1. The Labute approximate surface area is 77.5 Å². The first kappa shape index (κ1) is 7.68. The molecule has 12 heavy (non-hydrogen) atoms. The van der Waals surface area contributed by atoms with E-state index in [-0.39, 0.29) is 6.04 Å². The molecule has 0 bridgehead atoms. The summed E-state index contributed by atoms with van der Waals surface area (Å²) in [6.45, 7) is 0.868. The van der Waals surface area contributed by atoms with Gasteiger partial charge in [0.1, 0.15) is 0 Å². The van der Waals surface area contributed by atoms with E-state index in [9.17, 15) is 0 Å². The lowest BCUT2D eigenvalue weighted by Crippen LogP contribution is -2.08. The molecule has 1 atom stereocenters. The first-order valence-electron chi connectivity index (χ1n) is 3.90. The number of benzene rings is 1. The van der Waals surface area contributed by atoms with Crippen LogP contribution in [-0.4, -0.2) is 17.2 Å². The van der Waals surface area contributed by atoms with Gasteiger partial charge in [-0.05, 0) is 5.56 Å². The van der Waals surface area contributed by atoms with Crippen molar-refractivity contribution in [1.29, 1.82) is 0 Å². The van der Waals surface area contributed by atoms with Crippen molar-refractivity contribution in [2.75, 3.05) is 6.54 Å². The van der Waals surface area contributed by atoms with Crippen LogP contribution in [0.25, 0.3) is 0 Å². The van der Waals surface area contributed by atoms with Crippen molar-refractivity contribution in [3.05, 3.63) is 35.9 Å². The second-order valence-electron chi connectivity index (χ2n) is 2.81. The van der Waals surface area contributed by atoms with E-state index < -0.39 is 0 Å². The smallest absolute Gasteiger partial charge is 0.0956 e. The van der Waals surface area contributed by atoms with Crippen LogP contribution >= 0.6 is 12.8 Å². The highest BCUT2D eigenvalue weighted by atomic mass is 32.1. The Kier molecular flexibility index (Phi) is 2.04. The summed E-state index contributed by atoms with van der Waals surface area (Å²) in [5, 5.41) is 0. The quantitative estimate of drug-likeness (QED) is 0.649. The molecular weight excluding hydrogens is 168 g/mol. The van der Waals surface area contributed by atoms with Crippen molar-refractivity contribution in [2.24, 2.45) is 4.99 Å². The van der Waals surface area contributed by atoms with Crippen LogP contribution < -0.4 is 0 Å². The molecule has 0 aromatic heterocycles. The Balaban J connectivity index is 2.18. The molecule has 0 radical (unpaired) electrons. The van der Waals surface area contributed by atoms with Gasteiger partial charge in [-0.1, -0.05) is 43.1 Å². The number of hydrogen-bond acceptors (Lipinski definition) is 3. The molecule has 1 aliphatic heterocycles. The largest absolute Gasteiger partial charge is 0.307 e. The molecule has 1 heterocycles. The summed E-state index contributed by atoms with van der Waals surface area (Å²) in [7, 11) is 0. The lowest BCUT2D eigenvalue weighted by atomic mass is 10.1. The van der Waals surface area contributed by atoms with Crippen LogP contribution in [0.1, 0.15) is 11.6 Å². The first-order valence-corrected chi connectivity index (χ1v) is 4.30. The van der Waals surface area contributed by atoms with Gasteiger partial charge in [-0.15, -0.1) is 0 Å². The summed E-state index contributed by atoms with van der Waals surface area (Å²) < 4.78 is 1.80. The van der Waals surface area contributed by atoms with E-state index in [1.807, 2.05) is 18.2 Å². The van der Waals surface area contributed by atoms with E-state index in [2.05, 4.69) is 29.9 Å². The van der Waals surface area contributed by atoms with Crippen LogP contribution in [0.5, 0.6) is 0 Å². The Bertz CT molecular complexity index is 284. The van der Waals surface area contributed by atoms with Crippen molar-refractivity contribution in [2.45, 2.75) is 6.04 Å². The Morgan fingerprint density at radius 3 is 2.67 bits per heavy atom. The van der Waals surface area contributed by atoms with Crippen LogP contribution in [0, 0.1) is 0 Å². The van der Waals surface area contributed by atoms with Gasteiger partial charge in [0.2, 0.25) is 0 Å². The SMILES string of the molecule is SN1C=N[C@@H](c2ccccc2)C1. The molecule has 0 amide bonds. The molecule has 0 saturated heterocycles. The lowest BCUT2D eigenvalue weighted by molar-refractivity contribution is 0.646. The highest BCUT2D eigenvalue weighted by molar-refractivity contribution is 7.78. The topological polar surface area (TPSA) is 15.6 Å². The van der Waals surface area contributed by atoms with Gasteiger partial charge in [-0.25, -0.2) is 0 Å². The average molecular weight is 178 g/mol. The molecule has 0 spiro atoms. The molecule has 3 heteroatoms. The zero-order valence-corrected chi connectivity index (χ0v) is 7.48. The first-order chi connectivity index (χ1) is 5.86. The van der Waals surface area contributed by atoms with Crippen LogP contribution in [0.4, 0.5) is 0 Å². The predicted octanol–water partition coefficient (Wildman–Crippen LogP) is 1.92. The van der Waals surface area contributed by atoms with Crippen LogP contribution in [-0.2, 0) is 0 Å². The van der Waals surface area contributed by atoms with Gasteiger partial charge < -0.3 is 4.31 Å². The van der Waals surface area contributed by atoms with E-state index >= 15 is 0 Å². The fourth-order valence-electron chi connectivity index (χ4n) is 1.30. The fraction of sp³-hybridized carbons (Fsp3) is 0.222. The predicted molar refractivity (Wildman–Crippen MR) is 53.4 cm³/mol. The summed E-state index contributed by atoms with van der Waals surface area (Å²) >= 11 is 4.19. The molecule has 1 aliphatic rings. The Morgan fingerprint density at radius 1 is 1.33 bits per heavy atom. The maximum absolute atomic E-state index is 4.31. The molecular formula is C9H10N2S. The lowest BCUT2D eigenvalue weighted by Gasteiger charge is -2.08. The monoisotopic (exact) mass is 178 g/mol. The molecule has 0 unspecified atom stereocenters. The second kappa shape index (κ2) is 3.19. The maximum Gasteiger partial charge on any atom is 0.0956 e. The molecule has 62 valence electrons. The molecule has 0 aliphatic carbocycles. The zero-order chi connectivity index (χ0) is 8.39. The van der Waals surface area contributed by atoms with Gasteiger partial charge in [-0.3, -0.25) is 4.99 Å². The Morgan fingerprint density at radius 2 is 2.08 bits per heavy atom. The molecule has 2 rings (SSSR count). The number of hydrogen-bond donors (Lipinski definition) is 1. The van der Waals surface area contributed by atoms with E-state index in [0.29, 0.717) is 0 Å². The third kappa shape index (κ3) is 1.46. The van der Waals surface area contributed by atoms with E-state index in [4.69, 9.17) is 0 Å². The molecule has 1 aromatic rings. The normalized spacial score (nSPS) is 21.8. The summed E-state index contributed by atoms with van der Waals surface area (Å²) in [6.07, 6.45) is 1.76. The second-order valence-corrected chi connectivity index (χ2v) is 3.33. The van der Waals surface area contributed by atoms with Crippen molar-refractivity contribution < 1.29 is 0 Å². The minimum atomic E-state index is 0.267. The zero-order valence-electron chi connectivity index (χ0n) is 6.59. The van der Waals surface area contributed by atoms with E-state index in [1.165, 1.54) is 5.56 Å². The molecule has 0 fully saturated rings. The minimum Gasteiger partial charge on any atom is -0.307 e. The standard InChI is InChI=1S/C9H10N2S/c12-11-6-9(10-7-11)8-4-2-1-3-5-8/h1-5,7,9,12H,6H2/t9-/m1/s1. The summed E-state index contributed by atoms with van der Waals surface area (Å²) in [6, 6.07) is 10.5. The van der Waals surface area contributed by atoms with Crippen molar-refractivity contribution in [3.63, 3.8) is 0 Å². The Hall–Kier alpha value is -0.960. The molecule has 1 aromatic carbocycles. The van der Waals surface area contributed by atoms with Crippen molar-refractivity contribution >= 4 is 19.2 Å². The van der Waals surface area contributed by atoms with Gasteiger partial charge in [0.15, 0.2) is 0 Å². The number of thiol groups is 1. The van der Waals surface area contributed by atoms with Crippen molar-refractivity contribution in [3.8, 4) is 0 Å². The van der Waals surface area contributed by atoms with Gasteiger partial charge >= 0.3 is 0 Å². The summed E-state index contributed by atoms with van der Waals surface area (Å²) in [5.41, 5.74) is 1.25. The van der Waals surface area contributed by atoms with Crippen LogP contribution in [0.2, 0.25) is 0 Å². The maximum atomic E-state index is 4.31. The molecule has 0 saturated carbocycles. The van der Waals surface area contributed by atoms with Crippen molar-refractivity contribution in [1.82, 2.24) is 4.31 Å². The van der Waals surface area contributed by atoms with Gasteiger partial charge in [0, 0.05) is 0 Å². The van der Waals surface area contributed by atoms with Gasteiger partial charge in [0.25, 0.3) is 0 Å². The summed E-state index contributed by atoms with van der Waals surface area (Å²) in [5.74, 6) is 0. The van der Waals surface area contributed by atoms with Crippen LogP contribution in [0.3, 0.4) is 0 Å². The molecule has 0 N–H and O–H groups in total. The average Bonchev–Trinajstić information content (AvgIpc) is 2.54. The van der Waals surface area contributed by atoms with E-state index in [0.717, 1.165) is 6.54 Å². The molecule has 2 nitrogen and oxygen atoms in total. The van der Waals surface area contributed by atoms with E-state index in [1.54, 1.807) is 10.6 Å². The highest BCUT2D eigenvalue weighted by Crippen LogP contribution is 2.22. The fourth-order valence-corrected chi connectivity index (χ4v) is 1.51. The van der Waals surface area contributed by atoms with Gasteiger partial charge in [0.05, 0.1) is 18.9 Å².